The van der Waals surface area contributed by atoms with Crippen LogP contribution in [0, 0.1) is 11.3 Å². The lowest BCUT2D eigenvalue weighted by Crippen LogP contribution is -2.50. The molecule has 0 heterocycles. The molecule has 2 aromatic rings. The first kappa shape index (κ1) is 22.8. The topological polar surface area (TPSA) is 105 Å². The molecule has 2 aliphatic carbocycles. The van der Waals surface area contributed by atoms with Gasteiger partial charge in [-0.2, -0.15) is 0 Å². The molecule has 0 unspecified atom stereocenters. The average Bonchev–Trinajstić information content (AvgIpc) is 3.56. The molecule has 174 valence electrons. The second-order valence-electron chi connectivity index (χ2n) is 9.13. The van der Waals surface area contributed by atoms with Crippen molar-refractivity contribution < 1.29 is 24.2 Å². The molecule has 0 bridgehead atoms. The summed E-state index contributed by atoms with van der Waals surface area (Å²) in [6, 6.07) is 15.3. The molecule has 0 aliphatic heterocycles. The van der Waals surface area contributed by atoms with Crippen molar-refractivity contribution in [1.82, 2.24) is 10.6 Å². The van der Waals surface area contributed by atoms with Crippen molar-refractivity contribution in [2.45, 2.75) is 45.1 Å². The van der Waals surface area contributed by atoms with Crippen LogP contribution >= 0.6 is 0 Å². The average molecular weight is 451 g/mol. The van der Waals surface area contributed by atoms with E-state index in [9.17, 15) is 19.5 Å². The van der Waals surface area contributed by atoms with E-state index in [1.807, 2.05) is 31.2 Å². The summed E-state index contributed by atoms with van der Waals surface area (Å²) in [5.74, 6) is -1.59. The van der Waals surface area contributed by atoms with E-state index < -0.39 is 23.5 Å². The minimum atomic E-state index is -1.04. The number of nitrogens with one attached hydrogen (secondary N) is 2. The number of rotatable bonds is 9. The lowest BCUT2D eigenvalue weighted by molar-refractivity contribution is -0.144. The van der Waals surface area contributed by atoms with Gasteiger partial charge in [-0.05, 0) is 41.0 Å². The highest BCUT2D eigenvalue weighted by Gasteiger charge is 2.51. The number of hydrogen-bond donors (Lipinski definition) is 3. The third kappa shape index (κ3) is 4.58. The summed E-state index contributed by atoms with van der Waals surface area (Å²) in [6.07, 6.45) is 1.28. The van der Waals surface area contributed by atoms with Crippen LogP contribution in [0.1, 0.15) is 50.2 Å². The number of carbonyl (C=O) groups is 3. The number of amides is 2. The molecular weight excluding hydrogens is 420 g/mol. The van der Waals surface area contributed by atoms with E-state index in [0.29, 0.717) is 19.3 Å². The van der Waals surface area contributed by atoms with Gasteiger partial charge in [0.15, 0.2) is 0 Å². The zero-order chi connectivity index (χ0) is 23.6. The Morgan fingerprint density at radius 2 is 1.64 bits per heavy atom. The molecule has 4 rings (SSSR count). The largest absolute Gasteiger partial charge is 0.480 e. The van der Waals surface area contributed by atoms with Crippen LogP contribution in [0.3, 0.4) is 0 Å². The van der Waals surface area contributed by atoms with Gasteiger partial charge in [-0.25, -0.2) is 9.59 Å². The summed E-state index contributed by atoms with van der Waals surface area (Å²) in [4.78, 5) is 36.7. The maximum atomic E-state index is 12.8. The van der Waals surface area contributed by atoms with E-state index in [1.165, 1.54) is 0 Å². The number of benzene rings is 2. The van der Waals surface area contributed by atoms with Crippen LogP contribution in [-0.4, -0.2) is 42.3 Å². The second kappa shape index (κ2) is 9.25. The molecule has 0 spiro atoms. The number of alkyl carbamates (subject to hydrolysis) is 1. The van der Waals surface area contributed by atoms with Gasteiger partial charge in [0.05, 0.1) is 5.41 Å². The molecule has 1 saturated carbocycles. The van der Waals surface area contributed by atoms with E-state index in [0.717, 1.165) is 22.3 Å². The monoisotopic (exact) mass is 450 g/mol. The predicted octanol–water partition coefficient (Wildman–Crippen LogP) is 3.92. The fourth-order valence-electron chi connectivity index (χ4n) is 4.50. The highest BCUT2D eigenvalue weighted by atomic mass is 16.5. The number of carbonyl (C=O) groups excluding carboxylic acids is 2. The Morgan fingerprint density at radius 3 is 2.15 bits per heavy atom. The minimum Gasteiger partial charge on any atom is -0.480 e. The number of aliphatic carboxylic acids is 1. The molecule has 2 aliphatic rings. The standard InChI is InChI=1S/C26H30N2O5/c1-3-16(2)22(23(29)30)28-24(31)26(12-13-26)15-27-25(32)33-14-21-19-10-6-4-8-17(19)18-9-5-7-11-20(18)21/h4-11,16,21-22H,3,12-15H2,1-2H3,(H,27,32)(H,28,31)(H,29,30)/t16-,22-/m0/s1. The van der Waals surface area contributed by atoms with Crippen molar-refractivity contribution in [2.75, 3.05) is 13.2 Å². The third-order valence-electron chi connectivity index (χ3n) is 7.02. The van der Waals surface area contributed by atoms with Crippen LogP contribution in [-0.2, 0) is 14.3 Å². The Balaban J connectivity index is 1.33. The fourth-order valence-corrected chi connectivity index (χ4v) is 4.50. The zero-order valence-corrected chi connectivity index (χ0v) is 19.0. The van der Waals surface area contributed by atoms with E-state index >= 15 is 0 Å². The van der Waals surface area contributed by atoms with Gasteiger partial charge in [-0.15, -0.1) is 0 Å². The van der Waals surface area contributed by atoms with Gasteiger partial charge in [0, 0.05) is 12.5 Å². The lowest BCUT2D eigenvalue weighted by atomic mass is 9.97. The van der Waals surface area contributed by atoms with E-state index in [2.05, 4.69) is 34.9 Å². The maximum Gasteiger partial charge on any atom is 0.407 e. The minimum absolute atomic E-state index is 0.0341. The van der Waals surface area contributed by atoms with E-state index in [-0.39, 0.29) is 30.9 Å². The Kier molecular flexibility index (Phi) is 6.40. The van der Waals surface area contributed by atoms with Crippen molar-refractivity contribution in [3.63, 3.8) is 0 Å². The molecule has 1 fully saturated rings. The Labute approximate surface area is 193 Å². The number of carboxylic acids is 1. The number of fused-ring (bicyclic) bond motifs is 3. The second-order valence-corrected chi connectivity index (χ2v) is 9.13. The SMILES string of the molecule is CC[C@H](C)[C@H](NC(=O)C1(CNC(=O)OCC2c3ccccc3-c3ccccc32)CC1)C(=O)O. The van der Waals surface area contributed by atoms with Gasteiger partial charge in [-0.3, -0.25) is 4.79 Å². The molecular formula is C26H30N2O5. The van der Waals surface area contributed by atoms with Crippen molar-refractivity contribution in [1.29, 1.82) is 0 Å². The van der Waals surface area contributed by atoms with Gasteiger partial charge >= 0.3 is 12.1 Å². The Hall–Kier alpha value is -3.35. The maximum absolute atomic E-state index is 12.8. The van der Waals surface area contributed by atoms with Crippen LogP contribution in [0.15, 0.2) is 48.5 Å². The molecule has 2 amide bonds. The summed E-state index contributed by atoms with van der Waals surface area (Å²) < 4.78 is 5.54. The van der Waals surface area contributed by atoms with Crippen LogP contribution in [0.4, 0.5) is 4.79 Å². The lowest BCUT2D eigenvalue weighted by Gasteiger charge is -2.23. The van der Waals surface area contributed by atoms with E-state index in [1.54, 1.807) is 6.92 Å². The quantitative estimate of drug-likeness (QED) is 0.537. The van der Waals surface area contributed by atoms with Gasteiger partial charge in [0.25, 0.3) is 0 Å². The summed E-state index contributed by atoms with van der Waals surface area (Å²) in [7, 11) is 0. The zero-order valence-electron chi connectivity index (χ0n) is 19.0. The van der Waals surface area contributed by atoms with Crippen molar-refractivity contribution in [3.05, 3.63) is 59.7 Å². The molecule has 0 saturated heterocycles. The van der Waals surface area contributed by atoms with Gasteiger partial charge in [0.1, 0.15) is 12.6 Å². The fraction of sp³-hybridized carbons (Fsp3) is 0.423. The molecule has 7 heteroatoms. The van der Waals surface area contributed by atoms with Crippen LogP contribution in [0.25, 0.3) is 11.1 Å². The number of hydrogen-bond acceptors (Lipinski definition) is 4. The molecule has 33 heavy (non-hydrogen) atoms. The molecule has 3 N–H and O–H groups in total. The predicted molar refractivity (Wildman–Crippen MR) is 124 cm³/mol. The van der Waals surface area contributed by atoms with Crippen LogP contribution in [0.5, 0.6) is 0 Å². The highest BCUT2D eigenvalue weighted by Crippen LogP contribution is 2.46. The van der Waals surface area contributed by atoms with Gasteiger partial charge < -0.3 is 20.5 Å². The summed E-state index contributed by atoms with van der Waals surface area (Å²) >= 11 is 0. The molecule has 7 nitrogen and oxygen atoms in total. The normalized spacial score (nSPS) is 17.3. The molecule has 2 atom stereocenters. The van der Waals surface area contributed by atoms with Crippen LogP contribution in [0.2, 0.25) is 0 Å². The van der Waals surface area contributed by atoms with Crippen molar-refractivity contribution >= 4 is 18.0 Å². The smallest absolute Gasteiger partial charge is 0.407 e. The van der Waals surface area contributed by atoms with Crippen molar-refractivity contribution in [2.24, 2.45) is 11.3 Å². The van der Waals surface area contributed by atoms with Gasteiger partial charge in [0.2, 0.25) is 5.91 Å². The Morgan fingerprint density at radius 1 is 1.06 bits per heavy atom. The summed E-state index contributed by atoms with van der Waals surface area (Å²) in [5.41, 5.74) is 3.82. The summed E-state index contributed by atoms with van der Waals surface area (Å²) in [5, 5.41) is 14.8. The molecule has 0 aromatic heterocycles. The molecule has 2 aromatic carbocycles. The first-order chi connectivity index (χ1) is 15.9. The summed E-state index contributed by atoms with van der Waals surface area (Å²) in [6.45, 7) is 4.02. The third-order valence-corrected chi connectivity index (χ3v) is 7.02. The van der Waals surface area contributed by atoms with Crippen molar-refractivity contribution in [3.8, 4) is 11.1 Å². The number of carboxylic acid groups (broad SMARTS) is 1. The number of ether oxygens (including phenoxy) is 1. The Bertz CT molecular complexity index is 1020. The highest BCUT2D eigenvalue weighted by molar-refractivity contribution is 5.90. The molecule has 0 radical (unpaired) electrons. The van der Waals surface area contributed by atoms with Gasteiger partial charge in [-0.1, -0.05) is 68.8 Å². The first-order valence-corrected chi connectivity index (χ1v) is 11.5. The van der Waals surface area contributed by atoms with Crippen LogP contribution < -0.4 is 10.6 Å². The first-order valence-electron chi connectivity index (χ1n) is 11.5. The van der Waals surface area contributed by atoms with E-state index in [4.69, 9.17) is 4.74 Å².